The summed E-state index contributed by atoms with van der Waals surface area (Å²) in [5.41, 5.74) is 4.22. The summed E-state index contributed by atoms with van der Waals surface area (Å²) in [5.74, 6) is 1.23. The highest BCUT2D eigenvalue weighted by molar-refractivity contribution is 6.17. The lowest BCUT2D eigenvalue weighted by atomic mass is 9.96. The second-order valence-corrected chi connectivity index (χ2v) is 10.2. The predicted molar refractivity (Wildman–Crippen MR) is 131 cm³/mol. The Balaban J connectivity index is 1.81. The smallest absolute Gasteiger partial charge is 0.420 e. The molecule has 3 aromatic heterocycles. The van der Waals surface area contributed by atoms with Gasteiger partial charge in [0.15, 0.2) is 5.78 Å². The Labute approximate surface area is 203 Å². The molecule has 0 aliphatic heterocycles. The van der Waals surface area contributed by atoms with E-state index in [9.17, 15) is 9.59 Å². The van der Waals surface area contributed by atoms with E-state index in [0.29, 0.717) is 39.4 Å². The van der Waals surface area contributed by atoms with Crippen molar-refractivity contribution in [2.24, 2.45) is 0 Å². The Morgan fingerprint density at radius 3 is 2.46 bits per heavy atom. The van der Waals surface area contributed by atoms with Crippen LogP contribution in [-0.4, -0.2) is 37.2 Å². The number of ketones is 1. The van der Waals surface area contributed by atoms with Crippen molar-refractivity contribution in [3.8, 4) is 11.1 Å². The van der Waals surface area contributed by atoms with E-state index in [-0.39, 0.29) is 11.7 Å². The maximum absolute atomic E-state index is 13.8. The monoisotopic (exact) mass is 472 g/mol. The first-order chi connectivity index (χ1) is 16.5. The minimum atomic E-state index is -0.680. The van der Waals surface area contributed by atoms with Crippen molar-refractivity contribution < 1.29 is 18.8 Å². The zero-order chi connectivity index (χ0) is 25.1. The van der Waals surface area contributed by atoms with Gasteiger partial charge in [-0.2, -0.15) is 0 Å². The van der Waals surface area contributed by atoms with E-state index in [1.807, 2.05) is 53.7 Å². The van der Waals surface area contributed by atoms with Gasteiger partial charge in [0.2, 0.25) is 0 Å². The number of pyridine rings is 1. The van der Waals surface area contributed by atoms with Crippen molar-refractivity contribution >= 4 is 22.9 Å². The highest BCUT2D eigenvalue weighted by atomic mass is 16.6. The Hall–Kier alpha value is -3.81. The zero-order valence-corrected chi connectivity index (χ0v) is 20.8. The molecule has 1 aliphatic carbocycles. The van der Waals surface area contributed by atoms with Crippen LogP contribution in [0.25, 0.3) is 22.2 Å². The van der Waals surface area contributed by atoms with Gasteiger partial charge in [-0.3, -0.25) is 9.78 Å². The third-order valence-electron chi connectivity index (χ3n) is 6.03. The van der Waals surface area contributed by atoms with Crippen molar-refractivity contribution in [3.05, 3.63) is 64.6 Å². The van der Waals surface area contributed by atoms with Crippen molar-refractivity contribution in [1.82, 2.24) is 19.7 Å². The first kappa shape index (κ1) is 23.0. The average Bonchev–Trinajstić information content (AvgIpc) is 3.47. The van der Waals surface area contributed by atoms with Gasteiger partial charge < -0.3 is 9.26 Å². The van der Waals surface area contributed by atoms with Crippen LogP contribution in [0.1, 0.15) is 78.4 Å². The quantitative estimate of drug-likeness (QED) is 0.341. The minimum Gasteiger partial charge on any atom is -0.443 e. The molecule has 0 radical (unpaired) electrons. The van der Waals surface area contributed by atoms with Crippen LogP contribution in [-0.2, 0) is 4.74 Å². The van der Waals surface area contributed by atoms with Gasteiger partial charge in [0.25, 0.3) is 0 Å². The molecular formula is C27H28N4O4. The van der Waals surface area contributed by atoms with E-state index in [0.717, 1.165) is 29.7 Å². The molecule has 1 aromatic carbocycles. The standard InChI is InChI=1S/C27H28N4O4/c1-14-11-18(9-10-28-14)24(32)20-12-19(22-15(2)30-35-16(22)3)13-21-23(20)29-25(17-7-8-17)31(21)26(33)34-27(4,5)6/h9-13,17H,7-8H2,1-6H3. The molecular weight excluding hydrogens is 444 g/mol. The van der Waals surface area contributed by atoms with E-state index in [4.69, 9.17) is 14.2 Å². The summed E-state index contributed by atoms with van der Waals surface area (Å²) in [6, 6.07) is 7.13. The number of carbonyl (C=O) groups excluding carboxylic acids is 2. The summed E-state index contributed by atoms with van der Waals surface area (Å²) in [5, 5.41) is 4.08. The van der Waals surface area contributed by atoms with E-state index in [1.54, 1.807) is 18.3 Å². The molecule has 4 aromatic rings. The van der Waals surface area contributed by atoms with E-state index < -0.39 is 11.7 Å². The Bertz CT molecular complexity index is 1470. The number of carbonyl (C=O) groups is 2. The van der Waals surface area contributed by atoms with Crippen LogP contribution in [0.4, 0.5) is 4.79 Å². The van der Waals surface area contributed by atoms with Gasteiger partial charge in [0, 0.05) is 28.9 Å². The van der Waals surface area contributed by atoms with Crippen LogP contribution in [0.2, 0.25) is 0 Å². The molecule has 1 fully saturated rings. The predicted octanol–water partition coefficient (Wildman–Crippen LogP) is 5.90. The molecule has 5 rings (SSSR count). The summed E-state index contributed by atoms with van der Waals surface area (Å²) in [4.78, 5) is 36.2. The molecule has 3 heterocycles. The molecule has 0 atom stereocenters. The molecule has 0 amide bonds. The average molecular weight is 473 g/mol. The second-order valence-electron chi connectivity index (χ2n) is 10.2. The molecule has 0 N–H and O–H groups in total. The molecule has 8 heteroatoms. The normalized spacial score (nSPS) is 13.9. The summed E-state index contributed by atoms with van der Waals surface area (Å²) < 4.78 is 12.7. The molecule has 8 nitrogen and oxygen atoms in total. The minimum absolute atomic E-state index is 0.156. The molecule has 1 aliphatic rings. The lowest BCUT2D eigenvalue weighted by molar-refractivity contribution is 0.0538. The molecule has 1 saturated carbocycles. The van der Waals surface area contributed by atoms with Crippen molar-refractivity contribution in [3.63, 3.8) is 0 Å². The number of aryl methyl sites for hydroxylation is 3. The van der Waals surface area contributed by atoms with Crippen molar-refractivity contribution in [1.29, 1.82) is 0 Å². The van der Waals surface area contributed by atoms with Crippen LogP contribution >= 0.6 is 0 Å². The highest BCUT2D eigenvalue weighted by Crippen LogP contribution is 2.42. The fourth-order valence-corrected chi connectivity index (χ4v) is 4.36. The second kappa shape index (κ2) is 8.15. The molecule has 0 bridgehead atoms. The van der Waals surface area contributed by atoms with Crippen LogP contribution in [0.5, 0.6) is 0 Å². The van der Waals surface area contributed by atoms with E-state index in [1.165, 1.54) is 4.57 Å². The third kappa shape index (κ3) is 4.24. The largest absolute Gasteiger partial charge is 0.443 e. The van der Waals surface area contributed by atoms with Crippen molar-refractivity contribution in [2.75, 3.05) is 0 Å². The highest BCUT2D eigenvalue weighted by Gasteiger charge is 2.35. The molecule has 0 saturated heterocycles. The maximum Gasteiger partial charge on any atom is 0.420 e. The first-order valence-corrected chi connectivity index (χ1v) is 11.7. The van der Waals surface area contributed by atoms with Gasteiger partial charge in [0.1, 0.15) is 22.7 Å². The molecule has 180 valence electrons. The SMILES string of the molecule is Cc1cc(C(=O)c2cc(-c3c(C)noc3C)cc3c2nc(C2CC2)n3C(=O)OC(C)(C)C)ccn1. The number of hydrogen-bond acceptors (Lipinski definition) is 7. The van der Waals surface area contributed by atoms with E-state index in [2.05, 4.69) is 10.1 Å². The number of rotatable bonds is 4. The Kier molecular flexibility index (Phi) is 5.34. The van der Waals surface area contributed by atoms with Crippen LogP contribution in [0.3, 0.4) is 0 Å². The zero-order valence-electron chi connectivity index (χ0n) is 20.8. The lowest BCUT2D eigenvalue weighted by Crippen LogP contribution is -2.28. The van der Waals surface area contributed by atoms with Crippen LogP contribution in [0.15, 0.2) is 35.0 Å². The van der Waals surface area contributed by atoms with Gasteiger partial charge in [0.05, 0.1) is 16.8 Å². The molecule has 0 unspecified atom stereocenters. The third-order valence-corrected chi connectivity index (χ3v) is 6.03. The lowest BCUT2D eigenvalue weighted by Gasteiger charge is -2.20. The number of hydrogen-bond donors (Lipinski definition) is 0. The van der Waals surface area contributed by atoms with Crippen LogP contribution < -0.4 is 0 Å². The fourth-order valence-electron chi connectivity index (χ4n) is 4.36. The van der Waals surface area contributed by atoms with Gasteiger partial charge >= 0.3 is 6.09 Å². The summed E-state index contributed by atoms with van der Waals surface area (Å²) in [6.07, 6.45) is 2.99. The number of ether oxygens (including phenoxy) is 1. The maximum atomic E-state index is 13.8. The Morgan fingerprint density at radius 2 is 1.86 bits per heavy atom. The number of fused-ring (bicyclic) bond motifs is 1. The number of benzene rings is 1. The number of imidazole rings is 1. The molecule has 0 spiro atoms. The van der Waals surface area contributed by atoms with Crippen molar-refractivity contribution in [2.45, 2.75) is 65.9 Å². The topological polar surface area (TPSA) is 100 Å². The summed E-state index contributed by atoms with van der Waals surface area (Å²) in [6.45, 7) is 11.0. The number of nitrogens with zero attached hydrogens (tertiary/aromatic N) is 4. The summed E-state index contributed by atoms with van der Waals surface area (Å²) in [7, 11) is 0. The fraction of sp³-hybridized carbons (Fsp3) is 0.370. The van der Waals surface area contributed by atoms with Gasteiger partial charge in [-0.25, -0.2) is 14.3 Å². The van der Waals surface area contributed by atoms with Gasteiger partial charge in [-0.05, 0) is 84.2 Å². The first-order valence-electron chi connectivity index (χ1n) is 11.7. The van der Waals surface area contributed by atoms with E-state index >= 15 is 0 Å². The van der Waals surface area contributed by atoms with Crippen LogP contribution in [0, 0.1) is 20.8 Å². The molecule has 35 heavy (non-hydrogen) atoms. The summed E-state index contributed by atoms with van der Waals surface area (Å²) >= 11 is 0. The number of aromatic nitrogens is 4. The van der Waals surface area contributed by atoms with Gasteiger partial charge in [-0.1, -0.05) is 5.16 Å². The van der Waals surface area contributed by atoms with Gasteiger partial charge in [-0.15, -0.1) is 0 Å². The Morgan fingerprint density at radius 1 is 1.11 bits per heavy atom.